The summed E-state index contributed by atoms with van der Waals surface area (Å²) in [6.07, 6.45) is 5.90. The summed E-state index contributed by atoms with van der Waals surface area (Å²) in [7, 11) is 0. The normalized spacial score (nSPS) is 25.3. The molecule has 0 aromatic carbocycles. The minimum Gasteiger partial charge on any atom is -0.362 e. The number of rotatable bonds is 5. The summed E-state index contributed by atoms with van der Waals surface area (Å²) in [5, 5.41) is 4.43. The molecule has 0 spiro atoms. The highest BCUT2D eigenvalue weighted by molar-refractivity contribution is 7.15. The van der Waals surface area contributed by atoms with Crippen molar-refractivity contribution in [1.82, 2.24) is 9.88 Å². The van der Waals surface area contributed by atoms with E-state index in [1.165, 1.54) is 24.3 Å². The van der Waals surface area contributed by atoms with Crippen molar-refractivity contribution in [2.45, 2.75) is 52.6 Å². The van der Waals surface area contributed by atoms with E-state index >= 15 is 0 Å². The Bertz CT molecular complexity index is 364. The van der Waals surface area contributed by atoms with Gasteiger partial charge in [-0.1, -0.05) is 13.8 Å². The molecular weight excluding hydrogens is 242 g/mol. The molecule has 0 amide bonds. The fourth-order valence-electron chi connectivity index (χ4n) is 2.54. The Kier molecular flexibility index (Phi) is 5.01. The van der Waals surface area contributed by atoms with Crippen LogP contribution in [0.3, 0.4) is 0 Å². The van der Waals surface area contributed by atoms with E-state index in [1.54, 1.807) is 11.3 Å². The number of hydrogen-bond donors (Lipinski definition) is 1. The van der Waals surface area contributed by atoms with E-state index in [0.717, 1.165) is 30.6 Å². The molecule has 1 N–H and O–H groups in total. The lowest BCUT2D eigenvalue weighted by Gasteiger charge is -2.37. The number of hydrogen-bond acceptors (Lipinski definition) is 4. The Hall–Kier alpha value is -0.610. The Balaban J connectivity index is 1.90. The average molecular weight is 267 g/mol. The first-order valence-corrected chi connectivity index (χ1v) is 7.95. The number of thiazole rings is 1. The van der Waals surface area contributed by atoms with Crippen molar-refractivity contribution < 1.29 is 0 Å². The summed E-state index contributed by atoms with van der Waals surface area (Å²) in [6.45, 7) is 10.2. The molecule has 1 saturated heterocycles. The van der Waals surface area contributed by atoms with Gasteiger partial charge in [-0.3, -0.25) is 4.90 Å². The Morgan fingerprint density at radius 2 is 2.33 bits per heavy atom. The molecule has 2 atom stereocenters. The lowest BCUT2D eigenvalue weighted by molar-refractivity contribution is 0.107. The van der Waals surface area contributed by atoms with Gasteiger partial charge in [-0.05, 0) is 38.6 Å². The summed E-state index contributed by atoms with van der Waals surface area (Å²) < 4.78 is 0. The Morgan fingerprint density at radius 1 is 1.50 bits per heavy atom. The van der Waals surface area contributed by atoms with Gasteiger partial charge in [0.25, 0.3) is 0 Å². The van der Waals surface area contributed by atoms with Gasteiger partial charge in [-0.15, -0.1) is 11.3 Å². The first kappa shape index (κ1) is 13.8. The SMILES string of the molecule is CCCNc1ncc(CN2CCCC(C)C2C)s1. The van der Waals surface area contributed by atoms with Crippen molar-refractivity contribution in [3.63, 3.8) is 0 Å². The third-order valence-corrected chi connectivity index (χ3v) is 4.88. The maximum Gasteiger partial charge on any atom is 0.182 e. The number of aromatic nitrogens is 1. The lowest BCUT2D eigenvalue weighted by Crippen LogP contribution is -2.41. The van der Waals surface area contributed by atoms with Crippen LogP contribution in [0.15, 0.2) is 6.20 Å². The fourth-order valence-corrected chi connectivity index (χ4v) is 3.40. The second-order valence-corrected chi connectivity index (χ2v) is 6.50. The summed E-state index contributed by atoms with van der Waals surface area (Å²) in [5.41, 5.74) is 0. The number of likely N-dealkylation sites (tertiary alicyclic amines) is 1. The van der Waals surface area contributed by atoms with Gasteiger partial charge in [0.05, 0.1) is 0 Å². The highest BCUT2D eigenvalue weighted by Crippen LogP contribution is 2.27. The molecule has 1 fully saturated rings. The zero-order chi connectivity index (χ0) is 13.0. The van der Waals surface area contributed by atoms with E-state index in [9.17, 15) is 0 Å². The molecule has 2 unspecified atom stereocenters. The van der Waals surface area contributed by atoms with Crippen LogP contribution in [0.5, 0.6) is 0 Å². The van der Waals surface area contributed by atoms with Gasteiger partial charge >= 0.3 is 0 Å². The maximum absolute atomic E-state index is 4.44. The topological polar surface area (TPSA) is 28.2 Å². The van der Waals surface area contributed by atoms with Crippen molar-refractivity contribution in [3.8, 4) is 0 Å². The first-order valence-electron chi connectivity index (χ1n) is 7.13. The van der Waals surface area contributed by atoms with Crippen molar-refractivity contribution >= 4 is 16.5 Å². The van der Waals surface area contributed by atoms with Gasteiger partial charge < -0.3 is 5.32 Å². The number of nitrogens with zero attached hydrogens (tertiary/aromatic N) is 2. The molecule has 1 aromatic heterocycles. The van der Waals surface area contributed by atoms with E-state index < -0.39 is 0 Å². The zero-order valence-corrected chi connectivity index (χ0v) is 12.6. The van der Waals surface area contributed by atoms with E-state index in [4.69, 9.17) is 0 Å². The van der Waals surface area contributed by atoms with E-state index in [0.29, 0.717) is 6.04 Å². The van der Waals surface area contributed by atoms with E-state index in [-0.39, 0.29) is 0 Å². The minimum atomic E-state index is 0.702. The van der Waals surface area contributed by atoms with Crippen LogP contribution in [0.2, 0.25) is 0 Å². The predicted molar refractivity (Wildman–Crippen MR) is 79.2 cm³/mol. The minimum absolute atomic E-state index is 0.702. The highest BCUT2D eigenvalue weighted by atomic mass is 32.1. The third-order valence-electron chi connectivity index (χ3n) is 3.94. The van der Waals surface area contributed by atoms with Gasteiger partial charge in [0.15, 0.2) is 5.13 Å². The van der Waals surface area contributed by atoms with Crippen LogP contribution in [0, 0.1) is 5.92 Å². The van der Waals surface area contributed by atoms with Crippen LogP contribution in [-0.4, -0.2) is 29.0 Å². The van der Waals surface area contributed by atoms with Crippen molar-refractivity contribution in [2.24, 2.45) is 5.92 Å². The molecule has 0 saturated carbocycles. The van der Waals surface area contributed by atoms with Gasteiger partial charge in [0.1, 0.15) is 0 Å². The smallest absolute Gasteiger partial charge is 0.182 e. The fraction of sp³-hybridized carbons (Fsp3) is 0.786. The van der Waals surface area contributed by atoms with Crippen molar-refractivity contribution in [1.29, 1.82) is 0 Å². The summed E-state index contributed by atoms with van der Waals surface area (Å²) >= 11 is 1.81. The predicted octanol–water partition coefficient (Wildman–Crippen LogP) is 3.59. The van der Waals surface area contributed by atoms with Crippen LogP contribution < -0.4 is 5.32 Å². The molecule has 1 aromatic rings. The van der Waals surface area contributed by atoms with Crippen molar-refractivity contribution in [3.05, 3.63) is 11.1 Å². The molecule has 2 heterocycles. The van der Waals surface area contributed by atoms with Crippen molar-refractivity contribution in [2.75, 3.05) is 18.4 Å². The largest absolute Gasteiger partial charge is 0.362 e. The Labute approximate surface area is 115 Å². The van der Waals surface area contributed by atoms with E-state index in [1.807, 2.05) is 6.20 Å². The number of piperidine rings is 1. The molecule has 102 valence electrons. The summed E-state index contributed by atoms with van der Waals surface area (Å²) in [5.74, 6) is 0.823. The van der Waals surface area contributed by atoms with Crippen LogP contribution in [0.4, 0.5) is 5.13 Å². The molecule has 4 heteroatoms. The van der Waals surface area contributed by atoms with Gasteiger partial charge in [0.2, 0.25) is 0 Å². The van der Waals surface area contributed by atoms with Crippen LogP contribution in [0.1, 0.15) is 44.9 Å². The summed E-state index contributed by atoms with van der Waals surface area (Å²) in [4.78, 5) is 8.43. The maximum atomic E-state index is 4.44. The lowest BCUT2D eigenvalue weighted by atomic mass is 9.92. The third kappa shape index (κ3) is 3.45. The first-order chi connectivity index (χ1) is 8.70. The Morgan fingerprint density at radius 3 is 3.11 bits per heavy atom. The monoisotopic (exact) mass is 267 g/mol. The summed E-state index contributed by atoms with van der Waals surface area (Å²) in [6, 6.07) is 0.702. The van der Waals surface area contributed by atoms with Gasteiger partial charge in [0, 0.05) is 30.2 Å². The molecule has 1 aliphatic heterocycles. The number of nitrogens with one attached hydrogen (secondary N) is 1. The second-order valence-electron chi connectivity index (χ2n) is 5.39. The molecule has 3 nitrogen and oxygen atoms in total. The molecule has 1 aliphatic rings. The second kappa shape index (κ2) is 6.53. The molecular formula is C14H25N3S. The van der Waals surface area contributed by atoms with Crippen LogP contribution in [-0.2, 0) is 6.54 Å². The highest BCUT2D eigenvalue weighted by Gasteiger charge is 2.24. The molecule has 0 radical (unpaired) electrons. The average Bonchev–Trinajstić information content (AvgIpc) is 2.80. The van der Waals surface area contributed by atoms with Crippen LogP contribution >= 0.6 is 11.3 Å². The van der Waals surface area contributed by atoms with Crippen LogP contribution in [0.25, 0.3) is 0 Å². The van der Waals surface area contributed by atoms with Gasteiger partial charge in [-0.2, -0.15) is 0 Å². The van der Waals surface area contributed by atoms with Gasteiger partial charge in [-0.25, -0.2) is 4.98 Å². The zero-order valence-electron chi connectivity index (χ0n) is 11.8. The van der Waals surface area contributed by atoms with E-state index in [2.05, 4.69) is 36.0 Å². The molecule has 18 heavy (non-hydrogen) atoms. The molecule has 2 rings (SSSR count). The quantitative estimate of drug-likeness (QED) is 0.883. The number of anilines is 1. The molecule has 0 aliphatic carbocycles. The standard InChI is InChI=1S/C14H25N3S/c1-4-7-15-14-16-9-13(18-14)10-17-8-5-6-11(2)12(17)3/h9,11-12H,4-8,10H2,1-3H3,(H,15,16). The molecule has 0 bridgehead atoms.